The normalized spacial score (nSPS) is 10.1. The predicted octanol–water partition coefficient (Wildman–Crippen LogP) is 1.89. The number of nitrogens with zero attached hydrogens (tertiary/aromatic N) is 2. The fourth-order valence-corrected chi connectivity index (χ4v) is 1.37. The van der Waals surface area contributed by atoms with Crippen LogP contribution in [-0.4, -0.2) is 21.0 Å². The first-order valence-electron chi connectivity index (χ1n) is 5.22. The highest BCUT2D eigenvalue weighted by Gasteiger charge is 2.10. The van der Waals surface area contributed by atoms with E-state index in [1.807, 2.05) is 0 Å². The Morgan fingerprint density at radius 1 is 1.42 bits per heavy atom. The zero-order valence-corrected chi connectivity index (χ0v) is 9.57. The Bertz CT molecular complexity index is 605. The van der Waals surface area contributed by atoms with Gasteiger partial charge in [-0.15, -0.1) is 0 Å². The minimum Gasteiger partial charge on any atom is -0.476 e. The Hall–Kier alpha value is -2.90. The lowest BCUT2D eigenvalue weighted by molar-refractivity contribution is -0.384. The van der Waals surface area contributed by atoms with Crippen LogP contribution in [0.5, 0.6) is 0 Å². The van der Waals surface area contributed by atoms with E-state index in [1.54, 1.807) is 12.1 Å². The lowest BCUT2D eigenvalue weighted by atomic mass is 10.2. The van der Waals surface area contributed by atoms with Crippen LogP contribution in [0.15, 0.2) is 34.9 Å². The molecular weight excluding hydrogens is 254 g/mol. The molecule has 0 spiro atoms. The van der Waals surface area contributed by atoms with Gasteiger partial charge in [0.2, 0.25) is 0 Å². The van der Waals surface area contributed by atoms with Gasteiger partial charge in [0, 0.05) is 18.7 Å². The molecule has 98 valence electrons. The van der Waals surface area contributed by atoms with Gasteiger partial charge in [-0.2, -0.15) is 4.98 Å². The van der Waals surface area contributed by atoms with Gasteiger partial charge in [0.1, 0.15) is 6.26 Å². The van der Waals surface area contributed by atoms with Crippen molar-refractivity contribution in [3.8, 4) is 0 Å². The topological polar surface area (TPSA) is 119 Å². The summed E-state index contributed by atoms with van der Waals surface area (Å²) in [6, 6.07) is 6.03. The molecule has 0 radical (unpaired) electrons. The zero-order chi connectivity index (χ0) is 13.8. The highest BCUT2D eigenvalue weighted by Crippen LogP contribution is 2.14. The van der Waals surface area contributed by atoms with Gasteiger partial charge in [-0.25, -0.2) is 4.79 Å². The number of non-ortho nitro benzene ring substituents is 1. The molecular formula is C11H9N3O5. The van der Waals surface area contributed by atoms with Gasteiger partial charge < -0.3 is 14.8 Å². The van der Waals surface area contributed by atoms with Gasteiger partial charge >= 0.3 is 5.97 Å². The van der Waals surface area contributed by atoms with Gasteiger partial charge in [-0.3, -0.25) is 10.1 Å². The minimum absolute atomic E-state index is 0.00744. The number of benzene rings is 1. The molecule has 8 nitrogen and oxygen atoms in total. The third-order valence-electron chi connectivity index (χ3n) is 2.31. The number of nitro benzene ring substituents is 1. The monoisotopic (exact) mass is 263 g/mol. The number of carboxylic acids is 1. The molecule has 0 unspecified atom stereocenters. The Kier molecular flexibility index (Phi) is 3.42. The van der Waals surface area contributed by atoms with Crippen molar-refractivity contribution in [1.29, 1.82) is 0 Å². The van der Waals surface area contributed by atoms with Gasteiger partial charge in [-0.1, -0.05) is 12.1 Å². The number of anilines is 1. The molecule has 2 aromatic rings. The van der Waals surface area contributed by atoms with Gasteiger partial charge in [0.25, 0.3) is 11.7 Å². The number of oxazole rings is 1. The van der Waals surface area contributed by atoms with E-state index in [-0.39, 0.29) is 17.4 Å². The summed E-state index contributed by atoms with van der Waals surface area (Å²) in [5, 5.41) is 21.9. The van der Waals surface area contributed by atoms with E-state index in [1.165, 1.54) is 12.1 Å². The molecule has 0 saturated heterocycles. The molecule has 2 rings (SSSR count). The number of aromatic carboxylic acids is 1. The summed E-state index contributed by atoms with van der Waals surface area (Å²) in [5.74, 6) is -1.17. The molecule has 0 atom stereocenters. The van der Waals surface area contributed by atoms with Crippen LogP contribution in [0, 0.1) is 10.1 Å². The van der Waals surface area contributed by atoms with E-state index < -0.39 is 10.9 Å². The molecule has 0 aliphatic heterocycles. The van der Waals surface area contributed by atoms with Crippen LogP contribution in [-0.2, 0) is 6.54 Å². The number of aromatic nitrogens is 1. The zero-order valence-electron chi connectivity index (χ0n) is 9.57. The third kappa shape index (κ3) is 3.06. The molecule has 0 aliphatic rings. The van der Waals surface area contributed by atoms with Crippen molar-refractivity contribution in [3.05, 3.63) is 51.9 Å². The van der Waals surface area contributed by atoms with Crippen LogP contribution in [0.2, 0.25) is 0 Å². The Balaban J connectivity index is 1.97. The van der Waals surface area contributed by atoms with Gasteiger partial charge in [0.05, 0.1) is 4.92 Å². The van der Waals surface area contributed by atoms with Crippen molar-refractivity contribution in [1.82, 2.24) is 4.98 Å². The quantitative estimate of drug-likeness (QED) is 0.624. The average Bonchev–Trinajstić information content (AvgIpc) is 2.86. The van der Waals surface area contributed by atoms with E-state index in [2.05, 4.69) is 10.3 Å². The van der Waals surface area contributed by atoms with E-state index in [0.29, 0.717) is 6.54 Å². The molecule has 19 heavy (non-hydrogen) atoms. The highest BCUT2D eigenvalue weighted by atomic mass is 16.6. The maximum absolute atomic E-state index is 10.6. The molecule has 0 fully saturated rings. The fourth-order valence-electron chi connectivity index (χ4n) is 1.37. The molecule has 0 bridgehead atoms. The summed E-state index contributed by atoms with van der Waals surface area (Å²) in [4.78, 5) is 24.2. The number of carbonyl (C=O) groups is 1. The summed E-state index contributed by atoms with van der Waals surface area (Å²) in [7, 11) is 0. The van der Waals surface area contributed by atoms with Crippen molar-refractivity contribution in [3.63, 3.8) is 0 Å². The van der Waals surface area contributed by atoms with Crippen LogP contribution in [0.3, 0.4) is 0 Å². The van der Waals surface area contributed by atoms with Crippen LogP contribution >= 0.6 is 0 Å². The molecule has 0 saturated carbocycles. The number of hydrogen-bond acceptors (Lipinski definition) is 6. The highest BCUT2D eigenvalue weighted by molar-refractivity contribution is 5.85. The summed E-state index contributed by atoms with van der Waals surface area (Å²) in [5.41, 5.74) is 0.597. The predicted molar refractivity (Wildman–Crippen MR) is 63.9 cm³/mol. The maximum Gasteiger partial charge on any atom is 0.357 e. The second kappa shape index (κ2) is 5.17. The van der Waals surface area contributed by atoms with Crippen molar-refractivity contribution < 1.29 is 19.2 Å². The fraction of sp³-hybridized carbons (Fsp3) is 0.0909. The van der Waals surface area contributed by atoms with Crippen LogP contribution in [0.1, 0.15) is 16.1 Å². The molecule has 8 heteroatoms. The first-order valence-corrected chi connectivity index (χ1v) is 5.22. The number of nitro groups is 1. The maximum atomic E-state index is 10.6. The smallest absolute Gasteiger partial charge is 0.357 e. The van der Waals surface area contributed by atoms with E-state index in [9.17, 15) is 14.9 Å². The number of rotatable bonds is 5. The largest absolute Gasteiger partial charge is 0.476 e. The third-order valence-corrected chi connectivity index (χ3v) is 2.31. The summed E-state index contributed by atoms with van der Waals surface area (Å²) >= 11 is 0. The van der Waals surface area contributed by atoms with Crippen molar-refractivity contribution in [2.24, 2.45) is 0 Å². The number of nitrogens with one attached hydrogen (secondary N) is 1. The van der Waals surface area contributed by atoms with Crippen LogP contribution in [0.4, 0.5) is 11.7 Å². The first-order chi connectivity index (χ1) is 9.06. The molecule has 1 heterocycles. The van der Waals surface area contributed by atoms with Gasteiger partial charge in [0.15, 0.2) is 5.69 Å². The van der Waals surface area contributed by atoms with Gasteiger partial charge in [-0.05, 0) is 5.56 Å². The first kappa shape index (κ1) is 12.6. The molecule has 1 aromatic heterocycles. The molecule has 2 N–H and O–H groups in total. The average molecular weight is 263 g/mol. The van der Waals surface area contributed by atoms with Crippen molar-refractivity contribution >= 4 is 17.7 Å². The second-order valence-electron chi connectivity index (χ2n) is 3.62. The lowest BCUT2D eigenvalue weighted by Crippen LogP contribution is -2.01. The summed E-state index contributed by atoms with van der Waals surface area (Å²) < 4.78 is 4.90. The second-order valence-corrected chi connectivity index (χ2v) is 3.62. The molecule has 1 aromatic carbocycles. The SMILES string of the molecule is O=C(O)c1coc(NCc2ccc([N+](=O)[O-])cc2)n1. The van der Waals surface area contributed by atoms with E-state index >= 15 is 0 Å². The summed E-state index contributed by atoms with van der Waals surface area (Å²) in [6.45, 7) is 0.317. The Morgan fingerprint density at radius 2 is 2.11 bits per heavy atom. The number of hydrogen-bond donors (Lipinski definition) is 2. The molecule has 0 amide bonds. The minimum atomic E-state index is -1.17. The van der Waals surface area contributed by atoms with E-state index in [4.69, 9.17) is 9.52 Å². The Labute approximate surface area is 106 Å². The Morgan fingerprint density at radius 3 is 2.63 bits per heavy atom. The van der Waals surface area contributed by atoms with Crippen LogP contribution < -0.4 is 5.32 Å². The van der Waals surface area contributed by atoms with Crippen molar-refractivity contribution in [2.45, 2.75) is 6.54 Å². The molecule has 0 aliphatic carbocycles. The lowest BCUT2D eigenvalue weighted by Gasteiger charge is -2.01. The van der Waals surface area contributed by atoms with Crippen LogP contribution in [0.25, 0.3) is 0 Å². The standard InChI is InChI=1S/C11H9N3O5/c15-10(16)9-6-19-11(13-9)12-5-7-1-3-8(4-2-7)14(17)18/h1-4,6H,5H2,(H,12,13)(H,15,16). The number of carboxylic acid groups (broad SMARTS) is 1. The summed E-state index contributed by atoms with van der Waals surface area (Å²) in [6.07, 6.45) is 1.03. The van der Waals surface area contributed by atoms with Crippen molar-refractivity contribution in [2.75, 3.05) is 5.32 Å². The van der Waals surface area contributed by atoms with E-state index in [0.717, 1.165) is 11.8 Å².